The molecule has 0 unspecified atom stereocenters. The first kappa shape index (κ1) is 9.21. The molecule has 0 radical (unpaired) electrons. The summed E-state index contributed by atoms with van der Waals surface area (Å²) in [5, 5.41) is 6.29. The lowest BCUT2D eigenvalue weighted by atomic mass is 10.3. The molecule has 0 amide bonds. The molecule has 2 aromatic rings. The Labute approximate surface area is 91.7 Å². The molecule has 1 aliphatic rings. The van der Waals surface area contributed by atoms with Gasteiger partial charge in [-0.1, -0.05) is 18.2 Å². The molecule has 3 rings (SSSR count). The lowest BCUT2D eigenvalue weighted by molar-refractivity contribution is 0.409. The number of ether oxygens (including phenoxy) is 1. The zero-order valence-electron chi connectivity index (χ0n) is 8.59. The largest absolute Gasteiger partial charge is 0.424 e. The number of aromatic amines is 1. The molecule has 82 valence electrons. The van der Waals surface area contributed by atoms with Crippen LogP contribution in [0.1, 0.15) is 18.9 Å². The van der Waals surface area contributed by atoms with E-state index in [-0.39, 0.29) is 11.7 Å². The molecule has 0 atom stereocenters. The SMILES string of the molecule is O=c1[nH]nc(Oc2ccccc2)n1C1CC1. The summed E-state index contributed by atoms with van der Waals surface area (Å²) in [5.41, 5.74) is -0.201. The van der Waals surface area contributed by atoms with Gasteiger partial charge in [0.15, 0.2) is 0 Å². The summed E-state index contributed by atoms with van der Waals surface area (Å²) in [5.74, 6) is 0.684. The number of hydrogen-bond donors (Lipinski definition) is 1. The Balaban J connectivity index is 1.93. The Morgan fingerprint density at radius 1 is 1.31 bits per heavy atom. The van der Waals surface area contributed by atoms with Gasteiger partial charge in [-0.2, -0.15) is 0 Å². The van der Waals surface area contributed by atoms with Crippen molar-refractivity contribution in [3.63, 3.8) is 0 Å². The quantitative estimate of drug-likeness (QED) is 0.851. The van der Waals surface area contributed by atoms with Crippen LogP contribution in [-0.2, 0) is 0 Å². The molecule has 1 aromatic carbocycles. The van der Waals surface area contributed by atoms with Crippen molar-refractivity contribution in [1.29, 1.82) is 0 Å². The third-order valence-electron chi connectivity index (χ3n) is 2.54. The van der Waals surface area contributed by atoms with E-state index < -0.39 is 0 Å². The molecule has 1 aliphatic carbocycles. The van der Waals surface area contributed by atoms with E-state index in [2.05, 4.69) is 10.2 Å². The van der Waals surface area contributed by atoms with Crippen molar-refractivity contribution in [3.8, 4) is 11.8 Å². The fourth-order valence-corrected chi connectivity index (χ4v) is 1.61. The van der Waals surface area contributed by atoms with Crippen LogP contribution in [0.3, 0.4) is 0 Å². The summed E-state index contributed by atoms with van der Waals surface area (Å²) in [6, 6.07) is 9.92. The topological polar surface area (TPSA) is 59.9 Å². The Morgan fingerprint density at radius 3 is 2.75 bits per heavy atom. The van der Waals surface area contributed by atoms with Gasteiger partial charge in [0.2, 0.25) is 0 Å². The van der Waals surface area contributed by atoms with E-state index in [1.807, 2.05) is 30.3 Å². The summed E-state index contributed by atoms with van der Waals surface area (Å²) in [6.45, 7) is 0. The maximum atomic E-state index is 11.5. The van der Waals surface area contributed by atoms with Crippen molar-refractivity contribution in [2.75, 3.05) is 0 Å². The van der Waals surface area contributed by atoms with E-state index in [0.717, 1.165) is 12.8 Å². The highest BCUT2D eigenvalue weighted by Gasteiger charge is 2.29. The normalized spacial score (nSPS) is 15.0. The van der Waals surface area contributed by atoms with Crippen molar-refractivity contribution in [2.24, 2.45) is 0 Å². The number of nitrogens with zero attached hydrogens (tertiary/aromatic N) is 2. The summed E-state index contributed by atoms with van der Waals surface area (Å²) in [6.07, 6.45) is 2.04. The van der Waals surface area contributed by atoms with Crippen LogP contribution in [-0.4, -0.2) is 14.8 Å². The highest BCUT2D eigenvalue weighted by Crippen LogP contribution is 2.36. The Bertz CT molecular complexity index is 540. The van der Waals surface area contributed by atoms with Crippen molar-refractivity contribution in [2.45, 2.75) is 18.9 Å². The average molecular weight is 217 g/mol. The molecule has 1 aromatic heterocycles. The fourth-order valence-electron chi connectivity index (χ4n) is 1.61. The van der Waals surface area contributed by atoms with E-state index in [4.69, 9.17) is 4.74 Å². The first-order valence-electron chi connectivity index (χ1n) is 5.24. The predicted molar refractivity (Wildman–Crippen MR) is 57.6 cm³/mol. The van der Waals surface area contributed by atoms with E-state index in [1.165, 1.54) is 0 Å². The lowest BCUT2D eigenvalue weighted by Crippen LogP contribution is -2.15. The molecule has 1 saturated carbocycles. The number of hydrogen-bond acceptors (Lipinski definition) is 3. The summed E-state index contributed by atoms with van der Waals surface area (Å²) < 4.78 is 7.13. The van der Waals surface area contributed by atoms with Gasteiger partial charge in [0.1, 0.15) is 5.75 Å². The maximum absolute atomic E-state index is 11.5. The Kier molecular flexibility index (Phi) is 2.02. The van der Waals surface area contributed by atoms with Crippen molar-refractivity contribution in [3.05, 3.63) is 40.8 Å². The second kappa shape index (κ2) is 3.52. The van der Waals surface area contributed by atoms with Gasteiger partial charge in [-0.25, -0.2) is 14.5 Å². The predicted octanol–water partition coefficient (Wildman–Crippen LogP) is 1.70. The van der Waals surface area contributed by atoms with Crippen LogP contribution in [0.15, 0.2) is 35.1 Å². The molecule has 0 spiro atoms. The van der Waals surface area contributed by atoms with E-state index in [0.29, 0.717) is 11.8 Å². The number of nitrogens with one attached hydrogen (secondary N) is 1. The van der Waals surface area contributed by atoms with E-state index in [9.17, 15) is 4.79 Å². The number of H-pyrrole nitrogens is 1. The second-order valence-electron chi connectivity index (χ2n) is 3.83. The number of benzene rings is 1. The second-order valence-corrected chi connectivity index (χ2v) is 3.83. The van der Waals surface area contributed by atoms with Gasteiger partial charge in [0.25, 0.3) is 0 Å². The maximum Gasteiger partial charge on any atom is 0.346 e. The first-order valence-corrected chi connectivity index (χ1v) is 5.24. The van der Waals surface area contributed by atoms with Crippen molar-refractivity contribution >= 4 is 0 Å². The van der Waals surface area contributed by atoms with Gasteiger partial charge in [-0.15, -0.1) is 5.10 Å². The minimum atomic E-state index is -0.201. The first-order chi connectivity index (χ1) is 7.84. The van der Waals surface area contributed by atoms with Crippen molar-refractivity contribution in [1.82, 2.24) is 14.8 Å². The summed E-state index contributed by atoms with van der Waals surface area (Å²) in [4.78, 5) is 11.5. The molecule has 1 N–H and O–H groups in total. The highest BCUT2D eigenvalue weighted by atomic mass is 16.5. The zero-order chi connectivity index (χ0) is 11.0. The van der Waals surface area contributed by atoms with Gasteiger partial charge in [0, 0.05) is 6.04 Å². The average Bonchev–Trinajstić information content (AvgIpc) is 3.07. The van der Waals surface area contributed by atoms with Crippen molar-refractivity contribution < 1.29 is 4.74 Å². The van der Waals surface area contributed by atoms with Gasteiger partial charge in [0.05, 0.1) is 0 Å². The fraction of sp³-hybridized carbons (Fsp3) is 0.273. The standard InChI is InChI=1S/C11H11N3O2/c15-10-12-13-11(14(10)8-6-7-8)16-9-4-2-1-3-5-9/h1-5,8H,6-7H2,(H,12,15). The minimum absolute atomic E-state index is 0.201. The van der Waals surface area contributed by atoms with Crippen LogP contribution in [0.5, 0.6) is 11.8 Å². The molecule has 5 nitrogen and oxygen atoms in total. The summed E-state index contributed by atoms with van der Waals surface area (Å²) in [7, 11) is 0. The molecule has 1 heterocycles. The van der Waals surface area contributed by atoms with Gasteiger partial charge < -0.3 is 4.74 Å². The molecule has 16 heavy (non-hydrogen) atoms. The van der Waals surface area contributed by atoms with Gasteiger partial charge >= 0.3 is 11.7 Å². The van der Waals surface area contributed by atoms with Crippen LogP contribution in [0.25, 0.3) is 0 Å². The molecule has 5 heteroatoms. The Morgan fingerprint density at radius 2 is 2.06 bits per heavy atom. The van der Waals surface area contributed by atoms with Crippen LogP contribution in [0.4, 0.5) is 0 Å². The molecular weight excluding hydrogens is 206 g/mol. The number of rotatable bonds is 3. The molecule has 1 fully saturated rings. The third-order valence-corrected chi connectivity index (χ3v) is 2.54. The molecule has 0 saturated heterocycles. The van der Waals surface area contributed by atoms with Crippen LogP contribution in [0, 0.1) is 0 Å². The van der Waals surface area contributed by atoms with Gasteiger partial charge in [-0.3, -0.25) is 0 Å². The highest BCUT2D eigenvalue weighted by molar-refractivity contribution is 5.24. The van der Waals surface area contributed by atoms with Gasteiger partial charge in [-0.05, 0) is 25.0 Å². The summed E-state index contributed by atoms with van der Waals surface area (Å²) >= 11 is 0. The monoisotopic (exact) mass is 217 g/mol. The molecular formula is C11H11N3O2. The number of aromatic nitrogens is 3. The van der Waals surface area contributed by atoms with Crippen LogP contribution < -0.4 is 10.4 Å². The van der Waals surface area contributed by atoms with E-state index in [1.54, 1.807) is 4.57 Å². The third kappa shape index (κ3) is 1.60. The van der Waals surface area contributed by atoms with Crippen LogP contribution >= 0.6 is 0 Å². The molecule has 0 bridgehead atoms. The number of para-hydroxylation sites is 1. The Hall–Kier alpha value is -2.04. The van der Waals surface area contributed by atoms with Crippen LogP contribution in [0.2, 0.25) is 0 Å². The van der Waals surface area contributed by atoms with E-state index >= 15 is 0 Å². The minimum Gasteiger partial charge on any atom is -0.424 e. The molecule has 0 aliphatic heterocycles. The smallest absolute Gasteiger partial charge is 0.346 e. The zero-order valence-corrected chi connectivity index (χ0v) is 8.59. The lowest BCUT2D eigenvalue weighted by Gasteiger charge is -2.04.